The van der Waals surface area contributed by atoms with Crippen molar-refractivity contribution in [3.05, 3.63) is 53.9 Å². The molecule has 0 fully saturated rings. The molecule has 0 aliphatic heterocycles. The van der Waals surface area contributed by atoms with Crippen LogP contribution in [0.2, 0.25) is 0 Å². The molecule has 20 heavy (non-hydrogen) atoms. The molecular weight excluding hydrogens is 272 g/mol. The minimum absolute atomic E-state index is 0.153. The van der Waals surface area contributed by atoms with E-state index in [1.807, 2.05) is 25.3 Å². The Morgan fingerprint density at radius 2 is 1.95 bits per heavy atom. The summed E-state index contributed by atoms with van der Waals surface area (Å²) >= 11 is 6.27. The number of imidazole rings is 1. The molecule has 0 aliphatic carbocycles. The van der Waals surface area contributed by atoms with Gasteiger partial charge in [-0.15, -0.1) is 11.6 Å². The zero-order valence-electron chi connectivity index (χ0n) is 11.4. The van der Waals surface area contributed by atoms with Crippen LogP contribution >= 0.6 is 11.6 Å². The fourth-order valence-electron chi connectivity index (χ4n) is 2.30. The second-order valence-corrected chi connectivity index (χ2v) is 5.49. The predicted octanol–water partition coefficient (Wildman–Crippen LogP) is 3.48. The molecule has 1 unspecified atom stereocenters. The van der Waals surface area contributed by atoms with Crippen molar-refractivity contribution in [1.82, 2.24) is 19.5 Å². The van der Waals surface area contributed by atoms with E-state index in [1.165, 1.54) is 11.1 Å². The summed E-state index contributed by atoms with van der Waals surface area (Å²) < 4.78 is 2.14. The molecule has 0 N–H and O–H groups in total. The minimum atomic E-state index is -0.153. The van der Waals surface area contributed by atoms with E-state index in [2.05, 4.69) is 26.4 Å². The lowest BCUT2D eigenvalue weighted by Gasteiger charge is -2.12. The van der Waals surface area contributed by atoms with Crippen LogP contribution in [0, 0.1) is 6.92 Å². The maximum Gasteiger partial charge on any atom is 0.128 e. The van der Waals surface area contributed by atoms with Crippen molar-refractivity contribution >= 4 is 22.6 Å². The molecule has 4 nitrogen and oxygen atoms in total. The largest absolute Gasteiger partial charge is 0.322 e. The molecule has 102 valence electrons. The van der Waals surface area contributed by atoms with Gasteiger partial charge in [0, 0.05) is 18.6 Å². The van der Waals surface area contributed by atoms with Gasteiger partial charge < -0.3 is 4.57 Å². The average Bonchev–Trinajstić information content (AvgIpc) is 2.81. The third-order valence-corrected chi connectivity index (χ3v) is 3.61. The lowest BCUT2D eigenvalue weighted by atomic mass is 10.1. The molecular formula is C15H15ClN4. The molecule has 0 spiro atoms. The SMILES string of the molecule is Cc1ccncc1Cn1c(C(C)Cl)nc2cnccc21. The lowest BCUT2D eigenvalue weighted by molar-refractivity contribution is 0.737. The highest BCUT2D eigenvalue weighted by Gasteiger charge is 2.15. The summed E-state index contributed by atoms with van der Waals surface area (Å²) in [4.78, 5) is 12.9. The van der Waals surface area contributed by atoms with E-state index in [4.69, 9.17) is 11.6 Å². The monoisotopic (exact) mass is 286 g/mol. The second kappa shape index (κ2) is 5.21. The molecule has 3 aromatic rings. The summed E-state index contributed by atoms with van der Waals surface area (Å²) in [6, 6.07) is 3.98. The van der Waals surface area contributed by atoms with Crippen LogP contribution < -0.4 is 0 Å². The maximum atomic E-state index is 6.27. The third kappa shape index (κ3) is 2.27. The highest BCUT2D eigenvalue weighted by Crippen LogP contribution is 2.25. The first kappa shape index (κ1) is 13.1. The van der Waals surface area contributed by atoms with Gasteiger partial charge >= 0.3 is 0 Å². The van der Waals surface area contributed by atoms with Crippen LogP contribution in [0.3, 0.4) is 0 Å². The number of halogens is 1. The van der Waals surface area contributed by atoms with E-state index < -0.39 is 0 Å². The number of aromatic nitrogens is 4. The summed E-state index contributed by atoms with van der Waals surface area (Å²) in [7, 11) is 0. The summed E-state index contributed by atoms with van der Waals surface area (Å²) in [5, 5.41) is -0.153. The fourth-order valence-corrected chi connectivity index (χ4v) is 2.47. The molecule has 0 bridgehead atoms. The van der Waals surface area contributed by atoms with Gasteiger partial charge in [-0.05, 0) is 37.1 Å². The first-order valence-corrected chi connectivity index (χ1v) is 6.94. The first-order valence-electron chi connectivity index (χ1n) is 6.50. The Balaban J connectivity index is 2.14. The van der Waals surface area contributed by atoms with Gasteiger partial charge in [-0.1, -0.05) is 0 Å². The molecule has 1 atom stereocenters. The number of pyridine rings is 2. The summed E-state index contributed by atoms with van der Waals surface area (Å²) in [5.74, 6) is 0.859. The second-order valence-electron chi connectivity index (χ2n) is 4.84. The van der Waals surface area contributed by atoms with E-state index in [0.29, 0.717) is 6.54 Å². The van der Waals surface area contributed by atoms with Gasteiger partial charge in [-0.3, -0.25) is 9.97 Å². The van der Waals surface area contributed by atoms with E-state index in [0.717, 1.165) is 16.9 Å². The highest BCUT2D eigenvalue weighted by atomic mass is 35.5. The van der Waals surface area contributed by atoms with E-state index in [-0.39, 0.29) is 5.38 Å². The molecule has 3 aromatic heterocycles. The normalized spacial score (nSPS) is 12.8. The zero-order valence-corrected chi connectivity index (χ0v) is 12.2. The zero-order chi connectivity index (χ0) is 14.1. The van der Waals surface area contributed by atoms with Gasteiger partial charge in [-0.2, -0.15) is 0 Å². The molecule has 0 aromatic carbocycles. The molecule has 0 saturated carbocycles. The van der Waals surface area contributed by atoms with E-state index >= 15 is 0 Å². The third-order valence-electron chi connectivity index (χ3n) is 3.41. The number of hydrogen-bond donors (Lipinski definition) is 0. The quantitative estimate of drug-likeness (QED) is 0.692. The van der Waals surface area contributed by atoms with Crippen LogP contribution in [0.4, 0.5) is 0 Å². The number of rotatable bonds is 3. The number of fused-ring (bicyclic) bond motifs is 1. The average molecular weight is 287 g/mol. The molecule has 0 saturated heterocycles. The van der Waals surface area contributed by atoms with Crippen molar-refractivity contribution in [2.75, 3.05) is 0 Å². The Labute approximate surface area is 122 Å². The van der Waals surface area contributed by atoms with Crippen molar-refractivity contribution in [2.45, 2.75) is 25.8 Å². The minimum Gasteiger partial charge on any atom is -0.322 e. The van der Waals surface area contributed by atoms with Crippen LogP contribution in [-0.4, -0.2) is 19.5 Å². The Bertz CT molecular complexity index is 748. The van der Waals surface area contributed by atoms with Crippen LogP contribution in [0.25, 0.3) is 11.0 Å². The van der Waals surface area contributed by atoms with Gasteiger partial charge in [0.2, 0.25) is 0 Å². The summed E-state index contributed by atoms with van der Waals surface area (Å²) in [5.41, 5.74) is 4.30. The predicted molar refractivity (Wildman–Crippen MR) is 79.9 cm³/mol. The standard InChI is InChI=1S/C15H15ClN4/c1-10-3-5-17-7-12(10)9-20-14-4-6-18-8-13(14)19-15(20)11(2)16/h3-8,11H,9H2,1-2H3. The molecule has 0 amide bonds. The number of aryl methyl sites for hydroxylation is 1. The Hall–Kier alpha value is -1.94. The Kier molecular flexibility index (Phi) is 3.40. The van der Waals surface area contributed by atoms with Crippen LogP contribution in [0.15, 0.2) is 36.9 Å². The van der Waals surface area contributed by atoms with Crippen LogP contribution in [0.1, 0.15) is 29.3 Å². The highest BCUT2D eigenvalue weighted by molar-refractivity contribution is 6.20. The Morgan fingerprint density at radius 3 is 2.70 bits per heavy atom. The summed E-state index contributed by atoms with van der Waals surface area (Å²) in [6.07, 6.45) is 7.24. The van der Waals surface area contributed by atoms with Crippen molar-refractivity contribution in [3.8, 4) is 0 Å². The van der Waals surface area contributed by atoms with Crippen LogP contribution in [-0.2, 0) is 6.54 Å². The van der Waals surface area contributed by atoms with Crippen molar-refractivity contribution in [2.24, 2.45) is 0 Å². The molecule has 3 heterocycles. The smallest absolute Gasteiger partial charge is 0.128 e. The maximum absolute atomic E-state index is 6.27. The molecule has 3 rings (SSSR count). The Morgan fingerprint density at radius 1 is 1.20 bits per heavy atom. The van der Waals surface area contributed by atoms with Crippen LogP contribution in [0.5, 0.6) is 0 Å². The van der Waals surface area contributed by atoms with Gasteiger partial charge in [0.05, 0.1) is 23.6 Å². The molecule has 5 heteroatoms. The van der Waals surface area contributed by atoms with Gasteiger partial charge in [0.15, 0.2) is 0 Å². The molecule has 0 radical (unpaired) electrons. The number of alkyl halides is 1. The number of nitrogens with zero attached hydrogens (tertiary/aromatic N) is 4. The van der Waals surface area contributed by atoms with Crippen molar-refractivity contribution in [1.29, 1.82) is 0 Å². The van der Waals surface area contributed by atoms with Crippen molar-refractivity contribution in [3.63, 3.8) is 0 Å². The lowest BCUT2D eigenvalue weighted by Crippen LogP contribution is -2.07. The van der Waals surface area contributed by atoms with E-state index in [1.54, 1.807) is 18.6 Å². The van der Waals surface area contributed by atoms with Gasteiger partial charge in [-0.25, -0.2) is 4.98 Å². The number of hydrogen-bond acceptors (Lipinski definition) is 3. The van der Waals surface area contributed by atoms with Gasteiger partial charge in [0.1, 0.15) is 11.3 Å². The van der Waals surface area contributed by atoms with E-state index in [9.17, 15) is 0 Å². The topological polar surface area (TPSA) is 43.6 Å². The fraction of sp³-hybridized carbons (Fsp3) is 0.267. The molecule has 0 aliphatic rings. The van der Waals surface area contributed by atoms with Gasteiger partial charge in [0.25, 0.3) is 0 Å². The summed E-state index contributed by atoms with van der Waals surface area (Å²) in [6.45, 7) is 4.73. The first-order chi connectivity index (χ1) is 9.66. The van der Waals surface area contributed by atoms with Crippen molar-refractivity contribution < 1.29 is 0 Å².